The van der Waals surface area contributed by atoms with E-state index >= 15 is 0 Å². The molecule has 0 aliphatic rings. The largest absolute Gasteiger partial charge is 0.433 e. The molecule has 1 aromatic heterocycles. The van der Waals surface area contributed by atoms with Crippen molar-refractivity contribution in [3.63, 3.8) is 0 Å². The zero-order valence-corrected chi connectivity index (χ0v) is 9.37. The van der Waals surface area contributed by atoms with Crippen molar-refractivity contribution in [2.75, 3.05) is 0 Å². The molecule has 0 atom stereocenters. The van der Waals surface area contributed by atoms with Crippen LogP contribution in [-0.2, 0) is 11.6 Å². The molecule has 0 saturated carbocycles. The highest BCUT2D eigenvalue weighted by Crippen LogP contribution is 2.39. The minimum Gasteiger partial charge on any atom is -0.251 e. The minimum atomic E-state index is -4.46. The van der Waals surface area contributed by atoms with E-state index in [0.29, 0.717) is 0 Å². The minimum absolute atomic E-state index is 0.0409. The predicted molar refractivity (Wildman–Crippen MR) is 52.9 cm³/mol. The summed E-state index contributed by atoms with van der Waals surface area (Å²) < 4.78 is 37.9. The van der Waals surface area contributed by atoms with E-state index in [1.165, 1.54) is 6.07 Å². The Morgan fingerprint density at radius 3 is 2.07 bits per heavy atom. The van der Waals surface area contributed by atoms with Gasteiger partial charge in [-0.2, -0.15) is 13.2 Å². The maximum atomic E-state index is 12.6. The molecule has 0 spiro atoms. The van der Waals surface area contributed by atoms with E-state index in [1.54, 1.807) is 20.8 Å². The molecule has 1 nitrogen and oxygen atoms in total. The number of alkyl halides is 3. The number of hydrogen-bond donors (Lipinski definition) is 0. The highest BCUT2D eigenvalue weighted by molar-refractivity contribution is 6.31. The molecule has 0 radical (unpaired) electrons. The molecule has 0 bridgehead atoms. The molecule has 84 valence electrons. The van der Waals surface area contributed by atoms with Crippen molar-refractivity contribution in [3.8, 4) is 0 Å². The predicted octanol–water partition coefficient (Wildman–Crippen LogP) is 4.05. The van der Waals surface area contributed by atoms with Crippen molar-refractivity contribution >= 4 is 11.6 Å². The SMILES string of the molecule is CC(C)(C)c1c(Cl)ccnc1C(F)(F)F. The van der Waals surface area contributed by atoms with Crippen LogP contribution in [0.5, 0.6) is 0 Å². The van der Waals surface area contributed by atoms with E-state index in [1.807, 2.05) is 0 Å². The molecule has 1 aromatic rings. The third-order valence-corrected chi connectivity index (χ3v) is 2.23. The van der Waals surface area contributed by atoms with Gasteiger partial charge in [-0.25, -0.2) is 0 Å². The molecule has 1 heterocycles. The molecular weight excluding hydrogens is 227 g/mol. The highest BCUT2D eigenvalue weighted by atomic mass is 35.5. The molecule has 0 aromatic carbocycles. The van der Waals surface area contributed by atoms with Gasteiger partial charge in [-0.1, -0.05) is 32.4 Å². The van der Waals surface area contributed by atoms with Crippen LogP contribution in [-0.4, -0.2) is 4.98 Å². The van der Waals surface area contributed by atoms with Crippen molar-refractivity contribution in [1.29, 1.82) is 0 Å². The van der Waals surface area contributed by atoms with Crippen LogP contribution in [0.15, 0.2) is 12.3 Å². The van der Waals surface area contributed by atoms with Crippen LogP contribution in [0.2, 0.25) is 5.02 Å². The standard InChI is InChI=1S/C10H11ClF3N/c1-9(2,3)7-6(11)4-5-15-8(7)10(12,13)14/h4-5H,1-3H3. The quantitative estimate of drug-likeness (QED) is 0.663. The summed E-state index contributed by atoms with van der Waals surface area (Å²) in [6, 6.07) is 1.37. The van der Waals surface area contributed by atoms with Gasteiger partial charge in [-0.05, 0) is 11.5 Å². The second-order valence-electron chi connectivity index (χ2n) is 4.26. The van der Waals surface area contributed by atoms with Gasteiger partial charge in [0.05, 0.1) is 0 Å². The average molecular weight is 238 g/mol. The Hall–Kier alpha value is -0.770. The Morgan fingerprint density at radius 1 is 1.20 bits per heavy atom. The lowest BCUT2D eigenvalue weighted by molar-refractivity contribution is -0.142. The fourth-order valence-electron chi connectivity index (χ4n) is 1.37. The van der Waals surface area contributed by atoms with Gasteiger partial charge in [-0.15, -0.1) is 0 Å². The molecule has 0 saturated heterocycles. The van der Waals surface area contributed by atoms with E-state index in [0.717, 1.165) is 6.20 Å². The van der Waals surface area contributed by atoms with Crippen molar-refractivity contribution in [2.45, 2.75) is 32.4 Å². The van der Waals surface area contributed by atoms with Crippen LogP contribution in [0.25, 0.3) is 0 Å². The van der Waals surface area contributed by atoms with Gasteiger partial charge in [0.25, 0.3) is 0 Å². The van der Waals surface area contributed by atoms with E-state index < -0.39 is 17.3 Å². The fraction of sp³-hybridized carbons (Fsp3) is 0.500. The molecule has 0 unspecified atom stereocenters. The van der Waals surface area contributed by atoms with Gasteiger partial charge in [-0.3, -0.25) is 4.98 Å². The maximum Gasteiger partial charge on any atom is 0.433 e. The average Bonchev–Trinajstić information content (AvgIpc) is 1.99. The van der Waals surface area contributed by atoms with Crippen LogP contribution in [0.4, 0.5) is 13.2 Å². The zero-order valence-electron chi connectivity index (χ0n) is 8.61. The number of rotatable bonds is 0. The number of pyridine rings is 1. The summed E-state index contributed by atoms with van der Waals surface area (Å²) in [5.41, 5.74) is -1.54. The van der Waals surface area contributed by atoms with Crippen molar-refractivity contribution < 1.29 is 13.2 Å². The smallest absolute Gasteiger partial charge is 0.251 e. The lowest BCUT2D eigenvalue weighted by Gasteiger charge is -2.24. The Balaban J connectivity index is 3.48. The van der Waals surface area contributed by atoms with Crippen LogP contribution in [0, 0.1) is 0 Å². The first-order chi connectivity index (χ1) is 6.64. The molecule has 15 heavy (non-hydrogen) atoms. The molecule has 1 rings (SSSR count). The Labute approximate surface area is 91.3 Å². The Kier molecular flexibility index (Phi) is 3.01. The Morgan fingerprint density at radius 2 is 1.73 bits per heavy atom. The monoisotopic (exact) mass is 237 g/mol. The first-order valence-electron chi connectivity index (χ1n) is 4.36. The van der Waals surface area contributed by atoms with Crippen LogP contribution < -0.4 is 0 Å². The molecule has 0 aliphatic carbocycles. The first-order valence-corrected chi connectivity index (χ1v) is 4.74. The zero-order chi connectivity index (χ0) is 11.9. The third-order valence-electron chi connectivity index (χ3n) is 1.92. The van der Waals surface area contributed by atoms with Crippen molar-refractivity contribution in [1.82, 2.24) is 4.98 Å². The number of halogens is 4. The second-order valence-corrected chi connectivity index (χ2v) is 4.67. The van der Waals surface area contributed by atoms with E-state index in [9.17, 15) is 13.2 Å². The fourth-order valence-corrected chi connectivity index (χ4v) is 1.80. The van der Waals surface area contributed by atoms with Gasteiger partial charge >= 0.3 is 6.18 Å². The molecule has 5 heteroatoms. The summed E-state index contributed by atoms with van der Waals surface area (Å²) in [7, 11) is 0. The number of hydrogen-bond acceptors (Lipinski definition) is 1. The number of nitrogens with zero attached hydrogens (tertiary/aromatic N) is 1. The highest BCUT2D eigenvalue weighted by Gasteiger charge is 2.39. The molecule has 0 N–H and O–H groups in total. The number of aromatic nitrogens is 1. The Bertz CT molecular complexity index is 366. The molecular formula is C10H11ClF3N. The summed E-state index contributed by atoms with van der Waals surface area (Å²) in [5, 5.41) is 0.102. The molecule has 0 fully saturated rings. The molecule has 0 amide bonds. The van der Waals surface area contributed by atoms with Crippen molar-refractivity contribution in [2.24, 2.45) is 0 Å². The van der Waals surface area contributed by atoms with Crippen LogP contribution in [0.1, 0.15) is 32.0 Å². The normalized spacial score (nSPS) is 13.0. The summed E-state index contributed by atoms with van der Waals surface area (Å²) in [6.45, 7) is 5.02. The van der Waals surface area contributed by atoms with Crippen molar-refractivity contribution in [3.05, 3.63) is 28.5 Å². The van der Waals surface area contributed by atoms with Crippen LogP contribution in [0.3, 0.4) is 0 Å². The maximum absolute atomic E-state index is 12.6. The van der Waals surface area contributed by atoms with E-state index in [2.05, 4.69) is 4.98 Å². The summed E-state index contributed by atoms with van der Waals surface area (Å²) >= 11 is 5.78. The topological polar surface area (TPSA) is 12.9 Å². The van der Waals surface area contributed by atoms with Gasteiger partial charge in [0.1, 0.15) is 5.69 Å². The summed E-state index contributed by atoms with van der Waals surface area (Å²) in [4.78, 5) is 3.37. The van der Waals surface area contributed by atoms with E-state index in [-0.39, 0.29) is 10.6 Å². The summed E-state index contributed by atoms with van der Waals surface area (Å²) in [6.07, 6.45) is -3.39. The first kappa shape index (κ1) is 12.3. The second kappa shape index (κ2) is 3.67. The van der Waals surface area contributed by atoms with E-state index in [4.69, 9.17) is 11.6 Å². The van der Waals surface area contributed by atoms with Gasteiger partial charge in [0, 0.05) is 16.8 Å². The summed E-state index contributed by atoms with van der Waals surface area (Å²) in [5.74, 6) is 0. The lowest BCUT2D eigenvalue weighted by atomic mass is 9.85. The van der Waals surface area contributed by atoms with Gasteiger partial charge in [0.15, 0.2) is 0 Å². The van der Waals surface area contributed by atoms with Gasteiger partial charge < -0.3 is 0 Å². The van der Waals surface area contributed by atoms with Gasteiger partial charge in [0.2, 0.25) is 0 Å². The lowest BCUT2D eigenvalue weighted by Crippen LogP contribution is -2.21. The third kappa shape index (κ3) is 2.62. The molecule has 0 aliphatic heterocycles. The van der Waals surface area contributed by atoms with Crippen LogP contribution >= 0.6 is 11.6 Å².